The molecule has 1 fully saturated rings. The van der Waals surface area contributed by atoms with E-state index in [4.69, 9.17) is 5.73 Å². The molecular formula is C11H17N3. The lowest BCUT2D eigenvalue weighted by molar-refractivity contribution is 0.460. The minimum atomic E-state index is 0.601. The van der Waals surface area contributed by atoms with Crippen molar-refractivity contribution in [1.82, 2.24) is 10.3 Å². The first-order chi connectivity index (χ1) is 6.77. The van der Waals surface area contributed by atoms with E-state index in [2.05, 4.69) is 23.3 Å². The van der Waals surface area contributed by atoms with Crippen LogP contribution >= 0.6 is 0 Å². The summed E-state index contributed by atoms with van der Waals surface area (Å²) in [4.78, 5) is 4.21. The third-order valence-corrected chi connectivity index (χ3v) is 2.87. The van der Waals surface area contributed by atoms with Crippen molar-refractivity contribution in [2.75, 3.05) is 18.8 Å². The molecule has 0 radical (unpaired) electrons. The Balaban J connectivity index is 2.24. The number of hydrogen-bond donors (Lipinski definition) is 2. The first kappa shape index (κ1) is 9.46. The number of anilines is 1. The Morgan fingerprint density at radius 1 is 1.43 bits per heavy atom. The lowest BCUT2D eigenvalue weighted by Gasteiger charge is -2.23. The van der Waals surface area contributed by atoms with Crippen molar-refractivity contribution in [1.29, 1.82) is 0 Å². The second-order valence-electron chi connectivity index (χ2n) is 4.01. The summed E-state index contributed by atoms with van der Waals surface area (Å²) in [6.07, 6.45) is 4.19. The number of nitrogens with two attached hydrogens (primary N) is 1. The molecule has 2 rings (SSSR count). The van der Waals surface area contributed by atoms with Crippen molar-refractivity contribution in [3.8, 4) is 0 Å². The largest absolute Gasteiger partial charge is 0.383 e. The highest BCUT2D eigenvalue weighted by Crippen LogP contribution is 2.28. The lowest BCUT2D eigenvalue weighted by atomic mass is 9.90. The van der Waals surface area contributed by atoms with Gasteiger partial charge in [-0.05, 0) is 49.9 Å². The van der Waals surface area contributed by atoms with Gasteiger partial charge in [0.1, 0.15) is 5.82 Å². The molecule has 1 aliphatic heterocycles. The highest BCUT2D eigenvalue weighted by molar-refractivity contribution is 5.43. The Labute approximate surface area is 84.7 Å². The average molecular weight is 191 g/mol. The van der Waals surface area contributed by atoms with Gasteiger partial charge < -0.3 is 11.1 Å². The molecule has 3 heteroatoms. The first-order valence-electron chi connectivity index (χ1n) is 5.20. The van der Waals surface area contributed by atoms with E-state index in [0.29, 0.717) is 11.7 Å². The second kappa shape index (κ2) is 3.96. The van der Waals surface area contributed by atoms with Gasteiger partial charge in [-0.25, -0.2) is 4.98 Å². The van der Waals surface area contributed by atoms with E-state index < -0.39 is 0 Å². The molecule has 3 nitrogen and oxygen atoms in total. The van der Waals surface area contributed by atoms with Crippen LogP contribution in [0.1, 0.15) is 29.9 Å². The molecule has 1 saturated heterocycles. The highest BCUT2D eigenvalue weighted by Gasteiger charge is 2.17. The van der Waals surface area contributed by atoms with E-state index in [1.54, 1.807) is 0 Å². The van der Waals surface area contributed by atoms with E-state index in [1.165, 1.54) is 24.0 Å². The molecule has 0 amide bonds. The fourth-order valence-electron chi connectivity index (χ4n) is 2.06. The number of pyridine rings is 1. The van der Waals surface area contributed by atoms with E-state index in [9.17, 15) is 0 Å². The van der Waals surface area contributed by atoms with E-state index in [-0.39, 0.29) is 0 Å². The van der Waals surface area contributed by atoms with Crippen LogP contribution in [0.3, 0.4) is 0 Å². The summed E-state index contributed by atoms with van der Waals surface area (Å²) >= 11 is 0. The van der Waals surface area contributed by atoms with Crippen molar-refractivity contribution in [3.05, 3.63) is 23.4 Å². The lowest BCUT2D eigenvalue weighted by Crippen LogP contribution is -2.27. The van der Waals surface area contributed by atoms with Gasteiger partial charge in [0, 0.05) is 6.20 Å². The Kier molecular flexibility index (Phi) is 2.68. The van der Waals surface area contributed by atoms with Gasteiger partial charge in [0.15, 0.2) is 0 Å². The molecule has 0 aromatic carbocycles. The maximum absolute atomic E-state index is 5.89. The number of nitrogens with zero attached hydrogens (tertiary/aromatic N) is 1. The third-order valence-electron chi connectivity index (χ3n) is 2.87. The standard InChI is InChI=1S/C11H17N3/c1-8-6-10(11(12)14-7-8)9-2-4-13-5-3-9/h6-7,9,13H,2-5H2,1H3,(H2,12,14). The zero-order valence-electron chi connectivity index (χ0n) is 8.59. The van der Waals surface area contributed by atoms with Crippen LogP contribution in [-0.4, -0.2) is 18.1 Å². The van der Waals surface area contributed by atoms with Gasteiger partial charge in [0.05, 0.1) is 0 Å². The number of piperidine rings is 1. The Hall–Kier alpha value is -1.09. The van der Waals surface area contributed by atoms with Crippen molar-refractivity contribution in [3.63, 3.8) is 0 Å². The minimum Gasteiger partial charge on any atom is -0.383 e. The molecule has 1 aliphatic rings. The predicted molar refractivity (Wildman–Crippen MR) is 58.2 cm³/mol. The zero-order chi connectivity index (χ0) is 9.97. The fourth-order valence-corrected chi connectivity index (χ4v) is 2.06. The maximum atomic E-state index is 5.89. The molecule has 1 aromatic heterocycles. The highest BCUT2D eigenvalue weighted by atomic mass is 14.9. The van der Waals surface area contributed by atoms with Crippen LogP contribution in [0.2, 0.25) is 0 Å². The summed E-state index contributed by atoms with van der Waals surface area (Å²) in [5.41, 5.74) is 8.33. The molecule has 0 saturated carbocycles. The summed E-state index contributed by atoms with van der Waals surface area (Å²) < 4.78 is 0. The monoisotopic (exact) mass is 191 g/mol. The number of aromatic nitrogens is 1. The summed E-state index contributed by atoms with van der Waals surface area (Å²) in [5.74, 6) is 1.31. The topological polar surface area (TPSA) is 50.9 Å². The van der Waals surface area contributed by atoms with Gasteiger partial charge >= 0.3 is 0 Å². The summed E-state index contributed by atoms with van der Waals surface area (Å²) in [6, 6.07) is 2.18. The molecule has 2 heterocycles. The van der Waals surface area contributed by atoms with E-state index >= 15 is 0 Å². The van der Waals surface area contributed by atoms with Crippen molar-refractivity contribution < 1.29 is 0 Å². The quantitative estimate of drug-likeness (QED) is 0.706. The van der Waals surface area contributed by atoms with Crippen LogP contribution in [0.25, 0.3) is 0 Å². The number of nitrogens with one attached hydrogen (secondary N) is 1. The van der Waals surface area contributed by atoms with Crippen LogP contribution < -0.4 is 11.1 Å². The Morgan fingerprint density at radius 3 is 2.86 bits per heavy atom. The number of rotatable bonds is 1. The molecule has 76 valence electrons. The molecule has 0 aliphatic carbocycles. The SMILES string of the molecule is Cc1cnc(N)c(C2CCNCC2)c1. The number of nitrogen functional groups attached to an aromatic ring is 1. The van der Waals surface area contributed by atoms with Gasteiger partial charge in [0.25, 0.3) is 0 Å². The summed E-state index contributed by atoms with van der Waals surface area (Å²) in [6.45, 7) is 4.26. The Bertz CT molecular complexity index is 316. The van der Waals surface area contributed by atoms with Crippen LogP contribution in [0, 0.1) is 6.92 Å². The van der Waals surface area contributed by atoms with Gasteiger partial charge in [-0.15, -0.1) is 0 Å². The van der Waals surface area contributed by atoms with Gasteiger partial charge in [-0.1, -0.05) is 6.07 Å². The van der Waals surface area contributed by atoms with Gasteiger partial charge in [-0.2, -0.15) is 0 Å². The normalized spacial score (nSPS) is 18.4. The summed E-state index contributed by atoms with van der Waals surface area (Å²) in [5, 5.41) is 3.36. The molecule has 0 unspecified atom stereocenters. The van der Waals surface area contributed by atoms with Gasteiger partial charge in [-0.3, -0.25) is 0 Å². The van der Waals surface area contributed by atoms with E-state index in [1.807, 2.05) is 6.20 Å². The van der Waals surface area contributed by atoms with Crippen molar-refractivity contribution in [2.45, 2.75) is 25.7 Å². The minimum absolute atomic E-state index is 0.601. The van der Waals surface area contributed by atoms with Crippen molar-refractivity contribution in [2.24, 2.45) is 0 Å². The van der Waals surface area contributed by atoms with Crippen molar-refractivity contribution >= 4 is 5.82 Å². The van der Waals surface area contributed by atoms with Crippen LogP contribution in [0.4, 0.5) is 5.82 Å². The first-order valence-corrected chi connectivity index (χ1v) is 5.20. The van der Waals surface area contributed by atoms with Crippen LogP contribution in [-0.2, 0) is 0 Å². The Morgan fingerprint density at radius 2 is 2.14 bits per heavy atom. The number of hydrogen-bond acceptors (Lipinski definition) is 3. The van der Waals surface area contributed by atoms with E-state index in [0.717, 1.165) is 13.1 Å². The van der Waals surface area contributed by atoms with Gasteiger partial charge in [0.2, 0.25) is 0 Å². The average Bonchev–Trinajstić information content (AvgIpc) is 2.23. The fraction of sp³-hybridized carbons (Fsp3) is 0.545. The molecule has 3 N–H and O–H groups in total. The van der Waals surface area contributed by atoms with Crippen LogP contribution in [0.15, 0.2) is 12.3 Å². The number of aryl methyl sites for hydroxylation is 1. The molecule has 0 spiro atoms. The molecule has 14 heavy (non-hydrogen) atoms. The summed E-state index contributed by atoms with van der Waals surface area (Å²) in [7, 11) is 0. The smallest absolute Gasteiger partial charge is 0.126 e. The third kappa shape index (κ3) is 1.87. The molecule has 0 bridgehead atoms. The predicted octanol–water partition coefficient (Wildman–Crippen LogP) is 1.44. The molecule has 1 aromatic rings. The second-order valence-corrected chi connectivity index (χ2v) is 4.01. The molecular weight excluding hydrogens is 174 g/mol. The maximum Gasteiger partial charge on any atom is 0.126 e. The molecule has 0 atom stereocenters. The zero-order valence-corrected chi connectivity index (χ0v) is 8.59. The van der Waals surface area contributed by atoms with Crippen LogP contribution in [0.5, 0.6) is 0 Å².